The summed E-state index contributed by atoms with van der Waals surface area (Å²) in [5.74, 6) is 2.47. The van der Waals surface area contributed by atoms with Gasteiger partial charge in [-0.2, -0.15) is 9.97 Å². The summed E-state index contributed by atoms with van der Waals surface area (Å²) in [5, 5.41) is 0.958. The van der Waals surface area contributed by atoms with Crippen LogP contribution in [0.15, 0.2) is 48.6 Å². The van der Waals surface area contributed by atoms with E-state index in [1.807, 2.05) is 49.4 Å². The molecule has 0 bridgehead atoms. The number of anilines is 2. The number of benzene rings is 1. The van der Waals surface area contributed by atoms with Crippen LogP contribution in [-0.4, -0.2) is 73.2 Å². The number of ether oxygens (including phenoxy) is 3. The monoisotopic (exact) mass is 475 g/mol. The summed E-state index contributed by atoms with van der Waals surface area (Å²) in [6.45, 7) is 11.2. The maximum atomic E-state index is 5.94. The highest BCUT2D eigenvalue weighted by Crippen LogP contribution is 2.30. The van der Waals surface area contributed by atoms with E-state index in [2.05, 4.69) is 29.7 Å². The van der Waals surface area contributed by atoms with Gasteiger partial charge in [-0.25, -0.2) is 4.98 Å². The molecule has 184 valence electrons. The van der Waals surface area contributed by atoms with Crippen LogP contribution in [0.4, 0.5) is 11.8 Å². The van der Waals surface area contributed by atoms with E-state index in [0.717, 1.165) is 54.4 Å². The fourth-order valence-electron chi connectivity index (χ4n) is 4.60. The summed E-state index contributed by atoms with van der Waals surface area (Å²) < 4.78 is 17.3. The third kappa shape index (κ3) is 5.39. The first kappa shape index (κ1) is 23.5. The van der Waals surface area contributed by atoms with E-state index in [1.165, 1.54) is 0 Å². The molecule has 2 saturated heterocycles. The number of hydrogen-bond acceptors (Lipinski definition) is 8. The normalized spacial score (nSPS) is 21.1. The topological polar surface area (TPSA) is 72.8 Å². The van der Waals surface area contributed by atoms with Gasteiger partial charge in [0.2, 0.25) is 5.95 Å². The number of rotatable bonds is 6. The third-order valence-electron chi connectivity index (χ3n) is 6.27. The first-order valence-electron chi connectivity index (χ1n) is 12.4. The number of allylic oxidation sites excluding steroid dienone is 1. The molecule has 0 amide bonds. The number of pyridine rings is 1. The Morgan fingerprint density at radius 1 is 0.943 bits per heavy atom. The lowest BCUT2D eigenvalue weighted by molar-refractivity contribution is -0.00570. The largest absolute Gasteiger partial charge is 0.490 e. The fraction of sp³-hybridized carbons (Fsp3) is 0.444. The van der Waals surface area contributed by atoms with Gasteiger partial charge in [-0.1, -0.05) is 12.2 Å². The van der Waals surface area contributed by atoms with Gasteiger partial charge in [0.25, 0.3) is 0 Å². The predicted molar refractivity (Wildman–Crippen MR) is 138 cm³/mol. The average molecular weight is 476 g/mol. The van der Waals surface area contributed by atoms with E-state index in [0.29, 0.717) is 31.4 Å². The average Bonchev–Trinajstić information content (AvgIpc) is 2.88. The first-order chi connectivity index (χ1) is 17.1. The van der Waals surface area contributed by atoms with Gasteiger partial charge in [-0.05, 0) is 57.2 Å². The van der Waals surface area contributed by atoms with E-state index >= 15 is 0 Å². The maximum absolute atomic E-state index is 5.94. The van der Waals surface area contributed by atoms with Crippen LogP contribution in [0.25, 0.3) is 22.3 Å². The third-order valence-corrected chi connectivity index (χ3v) is 6.27. The highest BCUT2D eigenvalue weighted by Gasteiger charge is 2.26. The smallest absolute Gasteiger partial charge is 0.229 e. The zero-order chi connectivity index (χ0) is 24.2. The number of hydrogen-bond donors (Lipinski definition) is 0. The molecule has 35 heavy (non-hydrogen) atoms. The van der Waals surface area contributed by atoms with Crippen molar-refractivity contribution in [3.8, 4) is 17.0 Å². The van der Waals surface area contributed by atoms with Gasteiger partial charge in [0.1, 0.15) is 18.2 Å². The summed E-state index contributed by atoms with van der Waals surface area (Å²) in [5.41, 5.74) is 2.60. The minimum atomic E-state index is 0.123. The zero-order valence-corrected chi connectivity index (χ0v) is 20.7. The Hall–Kier alpha value is -3.23. The lowest BCUT2D eigenvalue weighted by Crippen LogP contribution is -2.46. The molecule has 0 radical (unpaired) electrons. The van der Waals surface area contributed by atoms with Crippen molar-refractivity contribution < 1.29 is 14.2 Å². The number of nitrogens with zero attached hydrogens (tertiary/aromatic N) is 5. The molecule has 2 aliphatic heterocycles. The van der Waals surface area contributed by atoms with Crippen molar-refractivity contribution in [1.82, 2.24) is 15.0 Å². The standard InChI is InChI=1S/C27H33N5O3/c1-4-5-14-34-22-8-6-21(7-9-22)24-11-10-23-25(28-24)29-27(32-17-19(2)35-20(3)18-32)30-26(23)31-12-15-33-16-13-31/h4-11,19-20H,12-18H2,1-3H3. The summed E-state index contributed by atoms with van der Waals surface area (Å²) in [6.07, 6.45) is 4.21. The van der Waals surface area contributed by atoms with Crippen LogP contribution in [-0.2, 0) is 9.47 Å². The van der Waals surface area contributed by atoms with E-state index in [-0.39, 0.29) is 12.2 Å². The molecular weight excluding hydrogens is 442 g/mol. The molecular formula is C27H33N5O3. The first-order valence-corrected chi connectivity index (χ1v) is 12.4. The molecule has 5 rings (SSSR count). The Labute approximate surface area is 206 Å². The summed E-state index contributed by atoms with van der Waals surface area (Å²) in [4.78, 5) is 19.4. The van der Waals surface area contributed by atoms with Gasteiger partial charge in [0, 0.05) is 31.7 Å². The molecule has 8 nitrogen and oxygen atoms in total. The van der Waals surface area contributed by atoms with Crippen molar-refractivity contribution in [3.63, 3.8) is 0 Å². The zero-order valence-electron chi connectivity index (χ0n) is 20.7. The fourth-order valence-corrected chi connectivity index (χ4v) is 4.60. The lowest BCUT2D eigenvalue weighted by Gasteiger charge is -2.36. The van der Waals surface area contributed by atoms with Gasteiger partial charge < -0.3 is 24.0 Å². The van der Waals surface area contributed by atoms with Crippen molar-refractivity contribution in [1.29, 1.82) is 0 Å². The second-order valence-electron chi connectivity index (χ2n) is 9.08. The molecule has 4 heterocycles. The SMILES string of the molecule is CC=CCOc1ccc(-c2ccc3c(N4CCOCC4)nc(N4CC(C)OC(C)C4)nc3n2)cc1. The second-order valence-corrected chi connectivity index (χ2v) is 9.08. The summed E-state index contributed by atoms with van der Waals surface area (Å²) >= 11 is 0. The summed E-state index contributed by atoms with van der Waals surface area (Å²) in [7, 11) is 0. The van der Waals surface area contributed by atoms with Crippen LogP contribution in [0.2, 0.25) is 0 Å². The Morgan fingerprint density at radius 2 is 1.69 bits per heavy atom. The molecule has 8 heteroatoms. The molecule has 3 aromatic rings. The number of morpholine rings is 2. The Kier molecular flexibility index (Phi) is 7.11. The molecule has 2 aromatic heterocycles. The van der Waals surface area contributed by atoms with Crippen molar-refractivity contribution in [2.24, 2.45) is 0 Å². The van der Waals surface area contributed by atoms with Crippen LogP contribution < -0.4 is 14.5 Å². The van der Waals surface area contributed by atoms with Crippen molar-refractivity contribution in [2.45, 2.75) is 33.0 Å². The van der Waals surface area contributed by atoms with E-state index in [4.69, 9.17) is 29.2 Å². The molecule has 1 aromatic carbocycles. The highest BCUT2D eigenvalue weighted by molar-refractivity contribution is 5.90. The number of aromatic nitrogens is 3. The summed E-state index contributed by atoms with van der Waals surface area (Å²) in [6, 6.07) is 12.2. The highest BCUT2D eigenvalue weighted by atomic mass is 16.5. The lowest BCUT2D eigenvalue weighted by atomic mass is 10.1. The molecule has 2 unspecified atom stereocenters. The van der Waals surface area contributed by atoms with E-state index in [1.54, 1.807) is 0 Å². The van der Waals surface area contributed by atoms with Crippen molar-refractivity contribution in [2.75, 3.05) is 55.8 Å². The van der Waals surface area contributed by atoms with Gasteiger partial charge in [-0.15, -0.1) is 0 Å². The molecule has 2 atom stereocenters. The maximum Gasteiger partial charge on any atom is 0.229 e. The Bertz CT molecular complexity index is 1170. The quantitative estimate of drug-likeness (QED) is 0.494. The Morgan fingerprint density at radius 3 is 2.40 bits per heavy atom. The van der Waals surface area contributed by atoms with Crippen LogP contribution in [0.1, 0.15) is 20.8 Å². The van der Waals surface area contributed by atoms with E-state index in [9.17, 15) is 0 Å². The predicted octanol–water partition coefficient (Wildman–Crippen LogP) is 4.10. The van der Waals surface area contributed by atoms with Gasteiger partial charge in [0.15, 0.2) is 5.65 Å². The second kappa shape index (κ2) is 10.6. The Balaban J connectivity index is 1.51. The van der Waals surface area contributed by atoms with Crippen LogP contribution >= 0.6 is 0 Å². The molecule has 2 fully saturated rings. The van der Waals surface area contributed by atoms with Gasteiger partial charge in [-0.3, -0.25) is 0 Å². The van der Waals surface area contributed by atoms with Crippen molar-refractivity contribution >= 4 is 22.8 Å². The van der Waals surface area contributed by atoms with Gasteiger partial charge >= 0.3 is 0 Å². The van der Waals surface area contributed by atoms with Gasteiger partial charge in [0.05, 0.1) is 36.5 Å². The van der Waals surface area contributed by atoms with Crippen LogP contribution in [0.3, 0.4) is 0 Å². The van der Waals surface area contributed by atoms with Crippen LogP contribution in [0, 0.1) is 0 Å². The molecule has 0 aliphatic carbocycles. The molecule has 0 N–H and O–H groups in total. The minimum absolute atomic E-state index is 0.123. The van der Waals surface area contributed by atoms with E-state index < -0.39 is 0 Å². The molecule has 0 spiro atoms. The molecule has 2 aliphatic rings. The molecule has 0 saturated carbocycles. The van der Waals surface area contributed by atoms with Crippen molar-refractivity contribution in [3.05, 3.63) is 48.6 Å². The van der Waals surface area contributed by atoms with Crippen LogP contribution in [0.5, 0.6) is 5.75 Å². The minimum Gasteiger partial charge on any atom is -0.490 e. The number of fused-ring (bicyclic) bond motifs is 1.